The zero-order valence-electron chi connectivity index (χ0n) is 28.9. The SMILES string of the molecule is CC(C)=CCCC(C)=CCCC(C)=CC=CC(C)=CC=CC=C(C)CCC=C(C)CCC=C(C)CCC(O)C(C)(C)O. The lowest BCUT2D eigenvalue weighted by Crippen LogP contribution is -2.35. The summed E-state index contributed by atoms with van der Waals surface area (Å²) < 4.78 is 0. The van der Waals surface area contributed by atoms with Crippen LogP contribution in [0.5, 0.6) is 0 Å². The van der Waals surface area contributed by atoms with E-state index in [9.17, 15) is 10.2 Å². The average molecular weight is 577 g/mol. The molecule has 0 aromatic rings. The summed E-state index contributed by atoms with van der Waals surface area (Å²) in [6.45, 7) is 20.8. The van der Waals surface area contributed by atoms with E-state index >= 15 is 0 Å². The topological polar surface area (TPSA) is 40.5 Å². The Hall–Kier alpha value is -2.42. The lowest BCUT2D eigenvalue weighted by molar-refractivity contribution is -0.0509. The number of hydrogen-bond acceptors (Lipinski definition) is 2. The molecule has 0 bridgehead atoms. The number of hydrogen-bond donors (Lipinski definition) is 2. The average Bonchev–Trinajstić information content (AvgIpc) is 2.89. The van der Waals surface area contributed by atoms with Gasteiger partial charge in [-0.25, -0.2) is 0 Å². The Balaban J connectivity index is 4.41. The largest absolute Gasteiger partial charge is 0.390 e. The van der Waals surface area contributed by atoms with Crippen LogP contribution in [0.2, 0.25) is 0 Å². The monoisotopic (exact) mass is 576 g/mol. The third kappa shape index (κ3) is 24.2. The van der Waals surface area contributed by atoms with Crippen molar-refractivity contribution in [3.63, 3.8) is 0 Å². The Bertz CT molecular complexity index is 1040. The summed E-state index contributed by atoms with van der Waals surface area (Å²) in [5, 5.41) is 19.8. The minimum atomic E-state index is -1.03. The van der Waals surface area contributed by atoms with E-state index < -0.39 is 11.7 Å². The van der Waals surface area contributed by atoms with Gasteiger partial charge in [0.1, 0.15) is 0 Å². The van der Waals surface area contributed by atoms with Crippen LogP contribution in [-0.4, -0.2) is 21.9 Å². The van der Waals surface area contributed by atoms with E-state index in [1.165, 1.54) is 39.0 Å². The highest BCUT2D eigenvalue weighted by Crippen LogP contribution is 2.18. The van der Waals surface area contributed by atoms with Gasteiger partial charge in [0.25, 0.3) is 0 Å². The van der Waals surface area contributed by atoms with E-state index in [0.717, 1.165) is 57.8 Å². The summed E-state index contributed by atoms with van der Waals surface area (Å²) in [5.74, 6) is 0. The summed E-state index contributed by atoms with van der Waals surface area (Å²) in [4.78, 5) is 0. The first-order valence-electron chi connectivity index (χ1n) is 16.1. The summed E-state index contributed by atoms with van der Waals surface area (Å²) in [6.07, 6.45) is 34.0. The van der Waals surface area contributed by atoms with Gasteiger partial charge in [-0.1, -0.05) is 106 Å². The molecular formula is C40H64O2. The molecule has 236 valence electrons. The maximum Gasteiger partial charge on any atom is 0.0849 e. The molecular weight excluding hydrogens is 512 g/mol. The summed E-state index contributed by atoms with van der Waals surface area (Å²) in [6, 6.07) is 0. The van der Waals surface area contributed by atoms with Crippen LogP contribution in [0.1, 0.15) is 133 Å². The Labute approximate surface area is 260 Å². The second-order valence-corrected chi connectivity index (χ2v) is 13.0. The molecule has 0 spiro atoms. The van der Waals surface area contributed by atoms with Crippen LogP contribution in [0.4, 0.5) is 0 Å². The van der Waals surface area contributed by atoms with E-state index in [4.69, 9.17) is 0 Å². The standard InChI is InChI=1S/C40H64O2/c1-32(2)18-13-21-35(5)24-16-27-36(6)25-14-22-33(3)19-11-12-20-34(4)23-15-26-37(7)28-17-29-38(8)30-31-39(41)40(9,10)42/h11-12,14,18-20,22,24-26,29,39,41-42H,13,15-17,21,23,27-28,30-31H2,1-10H3. The van der Waals surface area contributed by atoms with E-state index in [0.29, 0.717) is 6.42 Å². The molecule has 1 atom stereocenters. The molecule has 0 fully saturated rings. The van der Waals surface area contributed by atoms with Crippen LogP contribution in [0.3, 0.4) is 0 Å². The van der Waals surface area contributed by atoms with Crippen LogP contribution in [0.15, 0.2) is 106 Å². The molecule has 0 amide bonds. The normalized spacial score (nSPS) is 15.7. The smallest absolute Gasteiger partial charge is 0.0849 e. The van der Waals surface area contributed by atoms with Gasteiger partial charge in [0.2, 0.25) is 0 Å². The molecule has 0 aliphatic rings. The molecule has 0 radical (unpaired) electrons. The van der Waals surface area contributed by atoms with E-state index in [2.05, 4.69) is 122 Å². The summed E-state index contributed by atoms with van der Waals surface area (Å²) in [5.41, 5.74) is 8.61. The quantitative estimate of drug-likeness (QED) is 0.112. The van der Waals surface area contributed by atoms with Crippen LogP contribution >= 0.6 is 0 Å². The third-order valence-corrected chi connectivity index (χ3v) is 7.40. The fourth-order valence-corrected chi connectivity index (χ4v) is 4.26. The predicted octanol–water partition coefficient (Wildman–Crippen LogP) is 11.8. The van der Waals surface area contributed by atoms with Crippen molar-refractivity contribution in [2.45, 2.75) is 145 Å². The fraction of sp³-hybridized carbons (Fsp3) is 0.550. The molecule has 2 N–H and O–H groups in total. The molecule has 42 heavy (non-hydrogen) atoms. The predicted molar refractivity (Wildman–Crippen MR) is 189 cm³/mol. The highest BCUT2D eigenvalue weighted by atomic mass is 16.3. The van der Waals surface area contributed by atoms with Crippen LogP contribution in [-0.2, 0) is 0 Å². The molecule has 2 nitrogen and oxygen atoms in total. The Morgan fingerprint density at radius 3 is 1.43 bits per heavy atom. The molecule has 0 heterocycles. The first-order valence-corrected chi connectivity index (χ1v) is 16.1. The molecule has 0 rings (SSSR count). The Morgan fingerprint density at radius 2 is 0.952 bits per heavy atom. The van der Waals surface area contributed by atoms with Crippen molar-refractivity contribution in [1.82, 2.24) is 0 Å². The van der Waals surface area contributed by atoms with Crippen molar-refractivity contribution in [3.05, 3.63) is 106 Å². The van der Waals surface area contributed by atoms with Crippen LogP contribution < -0.4 is 0 Å². The minimum Gasteiger partial charge on any atom is -0.390 e. The van der Waals surface area contributed by atoms with Gasteiger partial charge in [-0.2, -0.15) is 0 Å². The highest BCUT2D eigenvalue weighted by Gasteiger charge is 2.23. The molecule has 0 aliphatic carbocycles. The van der Waals surface area contributed by atoms with Crippen LogP contribution in [0.25, 0.3) is 0 Å². The van der Waals surface area contributed by atoms with Gasteiger partial charge in [0.05, 0.1) is 11.7 Å². The molecule has 0 saturated carbocycles. The molecule has 0 aromatic carbocycles. The highest BCUT2D eigenvalue weighted by molar-refractivity contribution is 5.27. The molecule has 0 saturated heterocycles. The van der Waals surface area contributed by atoms with Gasteiger partial charge in [0.15, 0.2) is 0 Å². The Morgan fingerprint density at radius 1 is 0.548 bits per heavy atom. The molecule has 1 unspecified atom stereocenters. The molecule has 0 aromatic heterocycles. The van der Waals surface area contributed by atoms with Gasteiger partial charge in [-0.3, -0.25) is 0 Å². The van der Waals surface area contributed by atoms with Crippen molar-refractivity contribution in [3.8, 4) is 0 Å². The van der Waals surface area contributed by atoms with E-state index in [-0.39, 0.29) is 0 Å². The Kier molecular flexibility index (Phi) is 21.8. The zero-order chi connectivity index (χ0) is 32.0. The van der Waals surface area contributed by atoms with Gasteiger partial charge < -0.3 is 10.2 Å². The van der Waals surface area contributed by atoms with Crippen molar-refractivity contribution < 1.29 is 10.2 Å². The van der Waals surface area contributed by atoms with E-state index in [1.54, 1.807) is 13.8 Å². The number of rotatable bonds is 20. The maximum absolute atomic E-state index is 9.98. The van der Waals surface area contributed by atoms with Crippen LogP contribution in [0, 0.1) is 0 Å². The van der Waals surface area contributed by atoms with Crippen molar-refractivity contribution in [1.29, 1.82) is 0 Å². The fourth-order valence-electron chi connectivity index (χ4n) is 4.26. The van der Waals surface area contributed by atoms with Crippen molar-refractivity contribution in [2.24, 2.45) is 0 Å². The lowest BCUT2D eigenvalue weighted by atomic mass is 9.95. The van der Waals surface area contributed by atoms with Crippen molar-refractivity contribution >= 4 is 0 Å². The van der Waals surface area contributed by atoms with Gasteiger partial charge in [0, 0.05) is 0 Å². The summed E-state index contributed by atoms with van der Waals surface area (Å²) in [7, 11) is 0. The minimum absolute atomic E-state index is 0.597. The number of aliphatic hydroxyl groups is 2. The lowest BCUT2D eigenvalue weighted by Gasteiger charge is -2.24. The molecule has 2 heteroatoms. The van der Waals surface area contributed by atoms with Crippen molar-refractivity contribution in [2.75, 3.05) is 0 Å². The first-order chi connectivity index (χ1) is 19.7. The molecule has 0 aliphatic heterocycles. The number of aliphatic hydroxyl groups excluding tert-OH is 1. The third-order valence-electron chi connectivity index (χ3n) is 7.40. The second-order valence-electron chi connectivity index (χ2n) is 13.0. The summed E-state index contributed by atoms with van der Waals surface area (Å²) >= 11 is 0. The maximum atomic E-state index is 9.98. The zero-order valence-corrected chi connectivity index (χ0v) is 28.9. The van der Waals surface area contributed by atoms with Gasteiger partial charge >= 0.3 is 0 Å². The second kappa shape index (κ2) is 23.1. The van der Waals surface area contributed by atoms with Gasteiger partial charge in [-0.15, -0.1) is 0 Å². The first kappa shape index (κ1) is 39.6. The van der Waals surface area contributed by atoms with E-state index in [1.807, 2.05) is 0 Å². The number of allylic oxidation sites excluding steroid dienone is 18. The van der Waals surface area contributed by atoms with Gasteiger partial charge in [-0.05, 0) is 133 Å².